The average Bonchev–Trinajstić information content (AvgIpc) is 2.49. The normalized spacial score (nSPS) is 19.1. The molecule has 0 aromatic heterocycles. The smallest absolute Gasteiger partial charge is 0.0320 e. The van der Waals surface area contributed by atoms with E-state index in [1.807, 2.05) is 0 Å². The molecule has 19 heavy (non-hydrogen) atoms. The summed E-state index contributed by atoms with van der Waals surface area (Å²) in [5, 5.41) is 4.38. The lowest BCUT2D eigenvalue weighted by Gasteiger charge is -2.19. The zero-order valence-corrected chi connectivity index (χ0v) is 11.6. The van der Waals surface area contributed by atoms with Gasteiger partial charge in [-0.15, -0.1) is 0 Å². The lowest BCUT2D eigenvalue weighted by molar-refractivity contribution is 0.723. The predicted octanol–water partition coefficient (Wildman–Crippen LogP) is 3.79. The van der Waals surface area contributed by atoms with Crippen LogP contribution in [0.15, 0.2) is 48.6 Å². The lowest BCUT2D eigenvalue weighted by atomic mass is 9.88. The van der Waals surface area contributed by atoms with Crippen LogP contribution in [0.4, 0.5) is 0 Å². The van der Waals surface area contributed by atoms with E-state index < -0.39 is 0 Å². The standard InChI is InChI=1S/C17H16NS/c19-17-8-4-3-7-16(17)15-6-2-1-5-14(15)13-9-11-18-12-10-13/h1-7,9H,8,10-12H2. The minimum Gasteiger partial charge on any atom is -0.237 e. The number of benzene rings is 1. The molecule has 95 valence electrons. The van der Waals surface area contributed by atoms with Gasteiger partial charge >= 0.3 is 0 Å². The maximum absolute atomic E-state index is 5.51. The summed E-state index contributed by atoms with van der Waals surface area (Å²) in [7, 11) is 0. The molecule has 0 saturated carbocycles. The quantitative estimate of drug-likeness (QED) is 0.743. The summed E-state index contributed by atoms with van der Waals surface area (Å²) in [6.07, 6.45) is 10.5. The van der Waals surface area contributed by atoms with Gasteiger partial charge in [-0.1, -0.05) is 60.8 Å². The van der Waals surface area contributed by atoms with Gasteiger partial charge in [-0.05, 0) is 28.7 Å². The first-order valence-corrected chi connectivity index (χ1v) is 7.09. The fourth-order valence-corrected chi connectivity index (χ4v) is 2.87. The topological polar surface area (TPSA) is 14.1 Å². The van der Waals surface area contributed by atoms with E-state index in [1.54, 1.807) is 0 Å². The van der Waals surface area contributed by atoms with E-state index >= 15 is 0 Å². The summed E-state index contributed by atoms with van der Waals surface area (Å²) in [4.78, 5) is 1.04. The van der Waals surface area contributed by atoms with Crippen molar-refractivity contribution in [3.8, 4) is 0 Å². The Morgan fingerprint density at radius 2 is 1.95 bits per heavy atom. The van der Waals surface area contributed by atoms with Crippen molar-refractivity contribution < 1.29 is 0 Å². The van der Waals surface area contributed by atoms with Crippen LogP contribution in [0.3, 0.4) is 0 Å². The van der Waals surface area contributed by atoms with Gasteiger partial charge in [0.1, 0.15) is 0 Å². The maximum Gasteiger partial charge on any atom is 0.0320 e. The van der Waals surface area contributed by atoms with E-state index in [-0.39, 0.29) is 0 Å². The Hall–Kier alpha value is -1.51. The van der Waals surface area contributed by atoms with Crippen molar-refractivity contribution in [1.82, 2.24) is 5.32 Å². The SMILES string of the molecule is S=C1CC=CC=C1c1ccccc1C1=CC[N]CC1. The zero-order valence-electron chi connectivity index (χ0n) is 10.8. The molecule has 1 aliphatic heterocycles. The molecule has 0 saturated heterocycles. The highest BCUT2D eigenvalue weighted by Gasteiger charge is 2.16. The van der Waals surface area contributed by atoms with Crippen molar-refractivity contribution in [2.24, 2.45) is 0 Å². The van der Waals surface area contributed by atoms with Crippen LogP contribution in [0.1, 0.15) is 24.0 Å². The maximum atomic E-state index is 5.51. The highest BCUT2D eigenvalue weighted by Crippen LogP contribution is 2.31. The number of nitrogens with zero attached hydrogens (tertiary/aromatic N) is 1. The average molecular weight is 266 g/mol. The number of rotatable bonds is 2. The van der Waals surface area contributed by atoms with Gasteiger partial charge in [-0.25, -0.2) is 5.32 Å². The second kappa shape index (κ2) is 5.64. The number of hydrogen-bond acceptors (Lipinski definition) is 1. The van der Waals surface area contributed by atoms with Gasteiger partial charge in [0.2, 0.25) is 0 Å². The van der Waals surface area contributed by atoms with Crippen LogP contribution in [0, 0.1) is 0 Å². The van der Waals surface area contributed by atoms with Gasteiger partial charge < -0.3 is 0 Å². The summed E-state index contributed by atoms with van der Waals surface area (Å²) in [5.41, 5.74) is 5.20. The molecule has 1 radical (unpaired) electrons. The first kappa shape index (κ1) is 12.5. The van der Waals surface area contributed by atoms with E-state index in [9.17, 15) is 0 Å². The van der Waals surface area contributed by atoms with Crippen LogP contribution in [0.25, 0.3) is 11.1 Å². The van der Waals surface area contributed by atoms with Crippen molar-refractivity contribution >= 4 is 28.2 Å². The first-order valence-electron chi connectivity index (χ1n) is 6.68. The van der Waals surface area contributed by atoms with Crippen molar-refractivity contribution in [3.05, 3.63) is 59.7 Å². The van der Waals surface area contributed by atoms with Gasteiger partial charge in [0.05, 0.1) is 0 Å². The van der Waals surface area contributed by atoms with Gasteiger partial charge in [0.25, 0.3) is 0 Å². The number of thiocarbonyl (C=S) groups is 1. The first-order chi connectivity index (χ1) is 9.36. The molecule has 0 fully saturated rings. The van der Waals surface area contributed by atoms with Gasteiger partial charge in [-0.2, -0.15) is 0 Å². The molecule has 1 aromatic carbocycles. The predicted molar refractivity (Wildman–Crippen MR) is 85.2 cm³/mol. The lowest BCUT2D eigenvalue weighted by Crippen LogP contribution is -2.14. The molecule has 0 amide bonds. The molecule has 0 bridgehead atoms. The van der Waals surface area contributed by atoms with Crippen LogP contribution >= 0.6 is 12.2 Å². The Labute approximate surface area is 119 Å². The van der Waals surface area contributed by atoms with E-state index in [4.69, 9.17) is 12.2 Å². The highest BCUT2D eigenvalue weighted by molar-refractivity contribution is 7.81. The summed E-state index contributed by atoms with van der Waals surface area (Å²) < 4.78 is 0. The fourth-order valence-electron chi connectivity index (χ4n) is 2.59. The second-order valence-electron chi connectivity index (χ2n) is 4.79. The summed E-state index contributed by atoms with van der Waals surface area (Å²) in [6.45, 7) is 1.77. The van der Waals surface area contributed by atoms with Gasteiger partial charge in [0, 0.05) is 24.4 Å². The molecule has 1 aliphatic carbocycles. The van der Waals surface area contributed by atoms with Crippen molar-refractivity contribution in [2.45, 2.75) is 12.8 Å². The van der Waals surface area contributed by atoms with Crippen molar-refractivity contribution in [2.75, 3.05) is 13.1 Å². The molecule has 0 unspecified atom stereocenters. The van der Waals surface area contributed by atoms with Gasteiger partial charge in [0.15, 0.2) is 0 Å². The zero-order chi connectivity index (χ0) is 13.1. The molecule has 0 spiro atoms. The Bertz CT molecular complexity index is 593. The van der Waals surface area contributed by atoms with Crippen LogP contribution in [-0.2, 0) is 0 Å². The minimum absolute atomic E-state index is 0.840. The summed E-state index contributed by atoms with van der Waals surface area (Å²) >= 11 is 5.51. The third-order valence-corrected chi connectivity index (χ3v) is 3.96. The van der Waals surface area contributed by atoms with Gasteiger partial charge in [-0.3, -0.25) is 0 Å². The molecule has 3 rings (SSSR count). The van der Waals surface area contributed by atoms with E-state index in [0.717, 1.165) is 30.8 Å². The Morgan fingerprint density at radius 1 is 1.11 bits per heavy atom. The van der Waals surface area contributed by atoms with Crippen LogP contribution in [0.5, 0.6) is 0 Å². The Kier molecular flexibility index (Phi) is 3.72. The van der Waals surface area contributed by atoms with E-state index in [2.05, 4.69) is 53.9 Å². The molecule has 1 aromatic rings. The fraction of sp³-hybridized carbons (Fsp3) is 0.235. The molecular weight excluding hydrogens is 250 g/mol. The summed E-state index contributed by atoms with van der Waals surface area (Å²) in [6, 6.07) is 8.58. The largest absolute Gasteiger partial charge is 0.237 e. The third kappa shape index (κ3) is 2.60. The molecule has 0 atom stereocenters. The second-order valence-corrected chi connectivity index (χ2v) is 5.28. The molecule has 2 heteroatoms. The molecule has 1 heterocycles. The van der Waals surface area contributed by atoms with E-state index in [0.29, 0.717) is 0 Å². The number of allylic oxidation sites excluding steroid dienone is 4. The van der Waals surface area contributed by atoms with Crippen molar-refractivity contribution in [1.29, 1.82) is 0 Å². The third-order valence-electron chi connectivity index (χ3n) is 3.57. The van der Waals surface area contributed by atoms with Crippen LogP contribution in [-0.4, -0.2) is 18.0 Å². The molecule has 1 nitrogen and oxygen atoms in total. The molecular formula is C17H16NS. The number of hydrogen-bond donors (Lipinski definition) is 0. The Morgan fingerprint density at radius 3 is 2.68 bits per heavy atom. The molecule has 0 N–H and O–H groups in total. The van der Waals surface area contributed by atoms with Crippen LogP contribution in [0.2, 0.25) is 0 Å². The van der Waals surface area contributed by atoms with Crippen molar-refractivity contribution in [3.63, 3.8) is 0 Å². The highest BCUT2D eigenvalue weighted by atomic mass is 32.1. The molecule has 2 aliphatic rings. The van der Waals surface area contributed by atoms with E-state index in [1.165, 1.54) is 22.3 Å². The summed E-state index contributed by atoms with van der Waals surface area (Å²) in [5.74, 6) is 0. The Balaban J connectivity index is 2.07. The monoisotopic (exact) mass is 266 g/mol. The van der Waals surface area contributed by atoms with Crippen LogP contribution < -0.4 is 5.32 Å². The minimum atomic E-state index is 0.840.